The molecule has 0 aromatic heterocycles. The van der Waals surface area contributed by atoms with E-state index in [0.717, 1.165) is 11.6 Å². The second kappa shape index (κ2) is 9.85. The van der Waals surface area contributed by atoms with Crippen molar-refractivity contribution in [1.29, 1.82) is 0 Å². The Hall–Kier alpha value is -2.87. The van der Waals surface area contributed by atoms with E-state index >= 15 is 0 Å². The minimum absolute atomic E-state index is 0.00864. The molecular weight excluding hydrogens is 581 g/mol. The van der Waals surface area contributed by atoms with Gasteiger partial charge in [-0.15, -0.1) is 0 Å². The summed E-state index contributed by atoms with van der Waals surface area (Å²) < 4.78 is 128. The van der Waals surface area contributed by atoms with E-state index in [0.29, 0.717) is 25.3 Å². The standard InChI is InChI=1S/C27H27F7N2O4S/c1-17-2-6-20(7-3-17)41(38,39)24-10-11-36(23(37)35-12-14-40-15-13-35)22(24)9-4-18-16-19(5-8-21(18)24)25(28,26(29,30)31)27(32,33)34/h2-3,5-8,16,22H,4,9-15H2,1H3/t22-,24-/m1/s1. The summed E-state index contributed by atoms with van der Waals surface area (Å²) in [6, 6.07) is 6.22. The zero-order valence-electron chi connectivity index (χ0n) is 21.9. The lowest BCUT2D eigenvalue weighted by atomic mass is 9.77. The van der Waals surface area contributed by atoms with Gasteiger partial charge in [-0.2, -0.15) is 26.3 Å². The van der Waals surface area contributed by atoms with Crippen molar-refractivity contribution in [3.8, 4) is 0 Å². The zero-order valence-corrected chi connectivity index (χ0v) is 22.7. The third-order valence-electron chi connectivity index (χ3n) is 8.40. The first-order valence-electron chi connectivity index (χ1n) is 13.0. The number of ether oxygens (including phenoxy) is 1. The van der Waals surface area contributed by atoms with Crippen molar-refractivity contribution in [2.24, 2.45) is 0 Å². The molecule has 0 saturated carbocycles. The number of nitrogens with zero attached hydrogens (tertiary/aromatic N) is 2. The summed E-state index contributed by atoms with van der Waals surface area (Å²) in [5.74, 6) is 0. The van der Waals surface area contributed by atoms with Crippen LogP contribution in [0.5, 0.6) is 0 Å². The first-order chi connectivity index (χ1) is 19.1. The van der Waals surface area contributed by atoms with Crippen LogP contribution < -0.4 is 0 Å². The number of amides is 2. The van der Waals surface area contributed by atoms with Crippen LogP contribution in [0.4, 0.5) is 35.5 Å². The molecule has 2 fully saturated rings. The first kappa shape index (κ1) is 29.6. The SMILES string of the molecule is Cc1ccc(S(=O)(=O)[C@@]23CCN(C(=O)N4CCOCC4)[C@@H]2CCc2cc(C(F)(C(F)(F)F)C(F)(F)F)ccc23)cc1. The summed E-state index contributed by atoms with van der Waals surface area (Å²) >= 11 is 0. The van der Waals surface area contributed by atoms with Crippen LogP contribution in [0, 0.1) is 6.92 Å². The zero-order chi connectivity index (χ0) is 30.0. The van der Waals surface area contributed by atoms with Gasteiger partial charge in [-0.1, -0.05) is 35.9 Å². The molecule has 5 rings (SSSR count). The van der Waals surface area contributed by atoms with E-state index in [9.17, 15) is 43.9 Å². The summed E-state index contributed by atoms with van der Waals surface area (Å²) in [5.41, 5.74) is -6.71. The molecule has 6 nitrogen and oxygen atoms in total. The Morgan fingerprint density at radius 3 is 2.12 bits per heavy atom. The number of aryl methyl sites for hydroxylation is 2. The van der Waals surface area contributed by atoms with Gasteiger partial charge in [-0.05, 0) is 49.4 Å². The molecule has 0 radical (unpaired) electrons. The van der Waals surface area contributed by atoms with E-state index in [1.165, 1.54) is 21.9 Å². The van der Waals surface area contributed by atoms with Crippen LogP contribution in [-0.4, -0.2) is 75.5 Å². The minimum Gasteiger partial charge on any atom is -0.378 e. The third kappa shape index (κ3) is 4.39. The van der Waals surface area contributed by atoms with Crippen LogP contribution in [0.15, 0.2) is 47.4 Å². The molecule has 2 aromatic carbocycles. The molecule has 0 bridgehead atoms. The Kier molecular flexibility index (Phi) is 7.12. The lowest BCUT2D eigenvalue weighted by Gasteiger charge is -2.44. The minimum atomic E-state index is -6.31. The molecule has 0 N–H and O–H groups in total. The fourth-order valence-electron chi connectivity index (χ4n) is 6.32. The van der Waals surface area contributed by atoms with Crippen LogP contribution in [0.3, 0.4) is 0 Å². The van der Waals surface area contributed by atoms with Crippen molar-refractivity contribution < 1.29 is 48.7 Å². The largest absolute Gasteiger partial charge is 0.435 e. The van der Waals surface area contributed by atoms with Gasteiger partial charge in [0.15, 0.2) is 9.84 Å². The van der Waals surface area contributed by atoms with Gasteiger partial charge in [0.05, 0.1) is 24.2 Å². The van der Waals surface area contributed by atoms with E-state index in [2.05, 4.69) is 0 Å². The summed E-state index contributed by atoms with van der Waals surface area (Å²) in [4.78, 5) is 16.4. The lowest BCUT2D eigenvalue weighted by Crippen LogP contribution is -2.56. The van der Waals surface area contributed by atoms with E-state index in [1.807, 2.05) is 0 Å². The highest BCUT2D eigenvalue weighted by Crippen LogP contribution is 2.56. The van der Waals surface area contributed by atoms with Gasteiger partial charge in [0, 0.05) is 25.2 Å². The summed E-state index contributed by atoms with van der Waals surface area (Å²) in [6.07, 6.45) is -13.0. The number of carbonyl (C=O) groups excluding carboxylic acids is 1. The number of morpholine rings is 1. The fraction of sp³-hybridized carbons (Fsp3) is 0.519. The predicted molar refractivity (Wildman–Crippen MR) is 133 cm³/mol. The average molecular weight is 609 g/mol. The number of halogens is 7. The van der Waals surface area contributed by atoms with Crippen molar-refractivity contribution >= 4 is 15.9 Å². The molecule has 14 heteroatoms. The van der Waals surface area contributed by atoms with Crippen LogP contribution in [0.25, 0.3) is 0 Å². The van der Waals surface area contributed by atoms with Gasteiger partial charge in [0.1, 0.15) is 4.75 Å². The molecule has 2 heterocycles. The van der Waals surface area contributed by atoms with Gasteiger partial charge >= 0.3 is 24.1 Å². The maximum absolute atomic E-state index is 14.9. The molecule has 0 unspecified atom stereocenters. The molecule has 1 aliphatic carbocycles. The van der Waals surface area contributed by atoms with Crippen molar-refractivity contribution in [3.63, 3.8) is 0 Å². The topological polar surface area (TPSA) is 66.9 Å². The second-order valence-corrected chi connectivity index (χ2v) is 12.8. The lowest BCUT2D eigenvalue weighted by molar-refractivity contribution is -0.348. The summed E-state index contributed by atoms with van der Waals surface area (Å²) in [6.45, 7) is 2.90. The van der Waals surface area contributed by atoms with E-state index in [4.69, 9.17) is 4.74 Å². The number of urea groups is 1. The Morgan fingerprint density at radius 1 is 0.927 bits per heavy atom. The van der Waals surface area contributed by atoms with Gasteiger partial charge in [-0.3, -0.25) is 0 Å². The third-order valence-corrected chi connectivity index (χ3v) is 11.0. The van der Waals surface area contributed by atoms with Crippen molar-refractivity contribution in [1.82, 2.24) is 9.80 Å². The number of fused-ring (bicyclic) bond motifs is 3. The highest BCUT2D eigenvalue weighted by molar-refractivity contribution is 7.92. The van der Waals surface area contributed by atoms with E-state index in [-0.39, 0.29) is 54.9 Å². The first-order valence-corrected chi connectivity index (χ1v) is 14.4. The average Bonchev–Trinajstić information content (AvgIpc) is 3.33. The van der Waals surface area contributed by atoms with Crippen LogP contribution >= 0.6 is 0 Å². The van der Waals surface area contributed by atoms with Gasteiger partial charge in [0.2, 0.25) is 0 Å². The summed E-state index contributed by atoms with van der Waals surface area (Å²) in [7, 11) is -4.37. The highest BCUT2D eigenvalue weighted by Gasteiger charge is 2.74. The molecule has 2 amide bonds. The van der Waals surface area contributed by atoms with Crippen molar-refractivity contribution in [3.05, 3.63) is 64.7 Å². The van der Waals surface area contributed by atoms with Gasteiger partial charge in [0.25, 0.3) is 0 Å². The summed E-state index contributed by atoms with van der Waals surface area (Å²) in [5, 5.41) is 0. The van der Waals surface area contributed by atoms with Crippen molar-refractivity contribution in [2.75, 3.05) is 32.8 Å². The number of hydrogen-bond donors (Lipinski definition) is 0. The van der Waals surface area contributed by atoms with Crippen molar-refractivity contribution in [2.45, 2.75) is 59.9 Å². The van der Waals surface area contributed by atoms with Crippen LogP contribution in [-0.2, 0) is 31.4 Å². The molecule has 2 atom stereocenters. The number of hydrogen-bond acceptors (Lipinski definition) is 4. The highest BCUT2D eigenvalue weighted by atomic mass is 32.2. The quantitative estimate of drug-likeness (QED) is 0.437. The van der Waals surface area contributed by atoms with Gasteiger partial charge < -0.3 is 14.5 Å². The number of alkyl halides is 7. The fourth-order valence-corrected chi connectivity index (χ4v) is 8.69. The number of sulfone groups is 1. The smallest absolute Gasteiger partial charge is 0.378 e. The van der Waals surface area contributed by atoms with Crippen LogP contribution in [0.2, 0.25) is 0 Å². The molecule has 2 aliphatic heterocycles. The maximum Gasteiger partial charge on any atom is 0.435 e. The normalized spacial score (nSPS) is 23.8. The Balaban J connectivity index is 1.68. The number of likely N-dealkylation sites (tertiary alicyclic amines) is 1. The number of carbonyl (C=O) groups is 1. The molecule has 2 aromatic rings. The second-order valence-electron chi connectivity index (χ2n) is 10.6. The van der Waals surface area contributed by atoms with Crippen LogP contribution in [0.1, 0.15) is 35.1 Å². The van der Waals surface area contributed by atoms with Gasteiger partial charge in [-0.25, -0.2) is 17.6 Å². The molecule has 224 valence electrons. The molecule has 2 saturated heterocycles. The van der Waals surface area contributed by atoms with E-state index in [1.54, 1.807) is 19.1 Å². The Morgan fingerprint density at radius 2 is 1.54 bits per heavy atom. The maximum atomic E-state index is 14.9. The number of benzene rings is 2. The molecule has 41 heavy (non-hydrogen) atoms. The number of rotatable bonds is 3. The monoisotopic (exact) mass is 608 g/mol. The molecular formula is C27H27F7N2O4S. The van der Waals surface area contributed by atoms with E-state index < -0.39 is 50.2 Å². The molecule has 3 aliphatic rings. The molecule has 0 spiro atoms. The predicted octanol–water partition coefficient (Wildman–Crippen LogP) is 5.43. The Bertz CT molecular complexity index is 1420. The Labute approximate surface area is 232 Å².